The minimum atomic E-state index is 0.672. The molecule has 1 aliphatic carbocycles. The zero-order valence-corrected chi connectivity index (χ0v) is 9.15. The van der Waals surface area contributed by atoms with Gasteiger partial charge >= 0.3 is 0 Å². The van der Waals surface area contributed by atoms with Crippen LogP contribution in [0.4, 0.5) is 0 Å². The molecular weight excluding hydrogens is 188 g/mol. The molecule has 0 unspecified atom stereocenters. The highest BCUT2D eigenvalue weighted by atomic mass is 15.1. The van der Waals surface area contributed by atoms with E-state index in [1.165, 1.54) is 25.7 Å². The van der Waals surface area contributed by atoms with E-state index in [4.69, 9.17) is 5.73 Å². The topological polar surface area (TPSA) is 55.9 Å². The number of hydrogen-bond acceptors (Lipinski definition) is 3. The molecular formula is C11H20N4. The molecule has 4 nitrogen and oxygen atoms in total. The molecule has 84 valence electrons. The number of hydrogen-bond donors (Lipinski definition) is 2. The summed E-state index contributed by atoms with van der Waals surface area (Å²) in [4.78, 5) is 4.34. The van der Waals surface area contributed by atoms with Gasteiger partial charge in [-0.1, -0.05) is 12.8 Å². The molecule has 0 atom stereocenters. The third-order valence-corrected chi connectivity index (χ3v) is 3.00. The molecule has 0 aromatic carbocycles. The van der Waals surface area contributed by atoms with Crippen molar-refractivity contribution in [2.45, 2.75) is 44.8 Å². The van der Waals surface area contributed by atoms with Crippen molar-refractivity contribution < 1.29 is 0 Å². The number of nitrogens with zero attached hydrogens (tertiary/aromatic N) is 2. The van der Waals surface area contributed by atoms with Crippen molar-refractivity contribution in [2.24, 2.45) is 5.73 Å². The number of nitrogens with one attached hydrogen (secondary N) is 1. The standard InChI is InChI=1S/C11H20N4/c12-5-6-15-8-11(14-9-15)7-13-10-3-1-2-4-10/h8-10,13H,1-7,12H2. The second-order valence-corrected chi connectivity index (χ2v) is 4.25. The molecule has 4 heteroatoms. The summed E-state index contributed by atoms with van der Waals surface area (Å²) in [6.07, 6.45) is 9.33. The molecule has 0 spiro atoms. The average molecular weight is 208 g/mol. The molecule has 1 saturated carbocycles. The van der Waals surface area contributed by atoms with Gasteiger partial charge in [0.15, 0.2) is 0 Å². The van der Waals surface area contributed by atoms with Crippen LogP contribution in [0.25, 0.3) is 0 Å². The van der Waals surface area contributed by atoms with Crippen LogP contribution in [0.15, 0.2) is 12.5 Å². The minimum Gasteiger partial charge on any atom is -0.336 e. The largest absolute Gasteiger partial charge is 0.336 e. The van der Waals surface area contributed by atoms with Crippen molar-refractivity contribution in [1.82, 2.24) is 14.9 Å². The second-order valence-electron chi connectivity index (χ2n) is 4.25. The lowest BCUT2D eigenvalue weighted by Crippen LogP contribution is -2.25. The molecule has 0 radical (unpaired) electrons. The van der Waals surface area contributed by atoms with E-state index < -0.39 is 0 Å². The Balaban J connectivity index is 1.77. The normalized spacial score (nSPS) is 17.4. The lowest BCUT2D eigenvalue weighted by molar-refractivity contribution is 0.520. The molecule has 1 aromatic heterocycles. The van der Waals surface area contributed by atoms with Crippen LogP contribution in [0.2, 0.25) is 0 Å². The van der Waals surface area contributed by atoms with Crippen LogP contribution in [0.1, 0.15) is 31.4 Å². The van der Waals surface area contributed by atoms with Crippen molar-refractivity contribution in [1.29, 1.82) is 0 Å². The number of nitrogens with two attached hydrogens (primary N) is 1. The fourth-order valence-corrected chi connectivity index (χ4v) is 2.15. The average Bonchev–Trinajstić information content (AvgIpc) is 2.85. The summed E-state index contributed by atoms with van der Waals surface area (Å²) < 4.78 is 2.05. The Morgan fingerprint density at radius 2 is 2.27 bits per heavy atom. The Morgan fingerprint density at radius 3 is 3.00 bits per heavy atom. The van der Waals surface area contributed by atoms with E-state index in [9.17, 15) is 0 Å². The predicted molar refractivity (Wildman–Crippen MR) is 60.4 cm³/mol. The molecule has 15 heavy (non-hydrogen) atoms. The van der Waals surface area contributed by atoms with Crippen LogP contribution in [0.3, 0.4) is 0 Å². The van der Waals surface area contributed by atoms with Gasteiger partial charge in [0.2, 0.25) is 0 Å². The van der Waals surface area contributed by atoms with Gasteiger partial charge in [0.25, 0.3) is 0 Å². The lowest BCUT2D eigenvalue weighted by Gasteiger charge is -2.09. The quantitative estimate of drug-likeness (QED) is 0.755. The van der Waals surface area contributed by atoms with Crippen molar-refractivity contribution in [3.63, 3.8) is 0 Å². The van der Waals surface area contributed by atoms with Gasteiger partial charge in [-0.25, -0.2) is 4.98 Å². The van der Waals surface area contributed by atoms with Gasteiger partial charge in [-0.3, -0.25) is 0 Å². The van der Waals surface area contributed by atoms with Crippen LogP contribution < -0.4 is 11.1 Å². The Labute approximate surface area is 90.9 Å². The summed E-state index contributed by atoms with van der Waals surface area (Å²) in [5.41, 5.74) is 6.60. The third kappa shape index (κ3) is 3.04. The van der Waals surface area contributed by atoms with Crippen LogP contribution in [0, 0.1) is 0 Å². The fraction of sp³-hybridized carbons (Fsp3) is 0.727. The smallest absolute Gasteiger partial charge is 0.0950 e. The molecule has 1 aliphatic rings. The summed E-state index contributed by atoms with van der Waals surface area (Å²) in [6, 6.07) is 0.713. The van der Waals surface area contributed by atoms with E-state index in [0.29, 0.717) is 12.6 Å². The number of rotatable bonds is 5. The summed E-state index contributed by atoms with van der Waals surface area (Å²) in [5, 5.41) is 3.55. The minimum absolute atomic E-state index is 0.672. The zero-order chi connectivity index (χ0) is 10.5. The lowest BCUT2D eigenvalue weighted by atomic mass is 10.2. The first-order valence-corrected chi connectivity index (χ1v) is 5.82. The predicted octanol–water partition coefficient (Wildman–Crippen LogP) is 0.874. The Morgan fingerprint density at radius 1 is 1.47 bits per heavy atom. The molecule has 1 heterocycles. The highest BCUT2D eigenvalue weighted by Gasteiger charge is 2.14. The van der Waals surface area contributed by atoms with Gasteiger partial charge in [0.1, 0.15) is 0 Å². The first-order chi connectivity index (χ1) is 7.38. The fourth-order valence-electron chi connectivity index (χ4n) is 2.15. The second kappa shape index (κ2) is 5.28. The molecule has 3 N–H and O–H groups in total. The van der Waals surface area contributed by atoms with Gasteiger partial charge < -0.3 is 15.6 Å². The number of imidazole rings is 1. The van der Waals surface area contributed by atoms with Crippen molar-refractivity contribution in [2.75, 3.05) is 6.54 Å². The third-order valence-electron chi connectivity index (χ3n) is 3.00. The molecule has 0 bridgehead atoms. The van der Waals surface area contributed by atoms with Crippen LogP contribution >= 0.6 is 0 Å². The SMILES string of the molecule is NCCn1cnc(CNC2CCCC2)c1. The van der Waals surface area contributed by atoms with E-state index in [2.05, 4.69) is 16.5 Å². The van der Waals surface area contributed by atoms with Gasteiger partial charge in [-0.15, -0.1) is 0 Å². The maximum absolute atomic E-state index is 5.48. The van der Waals surface area contributed by atoms with E-state index in [0.717, 1.165) is 18.8 Å². The zero-order valence-electron chi connectivity index (χ0n) is 9.15. The molecule has 0 amide bonds. The van der Waals surface area contributed by atoms with Crippen molar-refractivity contribution in [3.05, 3.63) is 18.2 Å². The van der Waals surface area contributed by atoms with E-state index in [1.807, 2.05) is 10.9 Å². The number of aromatic nitrogens is 2. The Kier molecular flexibility index (Phi) is 3.75. The molecule has 0 saturated heterocycles. The maximum atomic E-state index is 5.48. The van der Waals surface area contributed by atoms with Gasteiger partial charge in [-0.05, 0) is 12.8 Å². The summed E-state index contributed by atoms with van der Waals surface area (Å²) in [6.45, 7) is 2.42. The summed E-state index contributed by atoms with van der Waals surface area (Å²) in [5.74, 6) is 0. The van der Waals surface area contributed by atoms with Gasteiger partial charge in [0, 0.05) is 31.9 Å². The highest BCUT2D eigenvalue weighted by molar-refractivity contribution is 4.96. The molecule has 1 aromatic rings. The summed E-state index contributed by atoms with van der Waals surface area (Å²) in [7, 11) is 0. The van der Waals surface area contributed by atoms with Crippen LogP contribution in [0.5, 0.6) is 0 Å². The first-order valence-electron chi connectivity index (χ1n) is 5.82. The first kappa shape index (κ1) is 10.6. The van der Waals surface area contributed by atoms with Crippen molar-refractivity contribution in [3.8, 4) is 0 Å². The van der Waals surface area contributed by atoms with Gasteiger partial charge in [0.05, 0.1) is 12.0 Å². The van der Waals surface area contributed by atoms with Crippen LogP contribution in [-0.4, -0.2) is 22.1 Å². The highest BCUT2D eigenvalue weighted by Crippen LogP contribution is 2.17. The van der Waals surface area contributed by atoms with E-state index in [1.54, 1.807) is 0 Å². The summed E-state index contributed by atoms with van der Waals surface area (Å²) >= 11 is 0. The van der Waals surface area contributed by atoms with Crippen LogP contribution in [-0.2, 0) is 13.1 Å². The molecule has 2 rings (SSSR count). The van der Waals surface area contributed by atoms with Crippen molar-refractivity contribution >= 4 is 0 Å². The monoisotopic (exact) mass is 208 g/mol. The molecule has 0 aliphatic heterocycles. The Hall–Kier alpha value is -0.870. The Bertz CT molecular complexity index is 289. The maximum Gasteiger partial charge on any atom is 0.0950 e. The van der Waals surface area contributed by atoms with Gasteiger partial charge in [-0.2, -0.15) is 0 Å². The van der Waals surface area contributed by atoms with E-state index >= 15 is 0 Å². The molecule has 1 fully saturated rings. The van der Waals surface area contributed by atoms with E-state index in [-0.39, 0.29) is 0 Å².